The predicted molar refractivity (Wildman–Crippen MR) is 120 cm³/mol. The zero-order valence-electron chi connectivity index (χ0n) is 18.7. The number of nitrogens with two attached hydrogens (primary N) is 1. The summed E-state index contributed by atoms with van der Waals surface area (Å²) in [6, 6.07) is 9.23. The Kier molecular flexibility index (Phi) is 8.12. The summed E-state index contributed by atoms with van der Waals surface area (Å²) < 4.78 is 35.1. The van der Waals surface area contributed by atoms with Crippen molar-refractivity contribution in [2.75, 3.05) is 12.0 Å². The smallest absolute Gasteiger partial charge is 0.402 e. The number of carbonyl (C=O) groups is 1. The zero-order chi connectivity index (χ0) is 22.6. The monoisotopic (exact) mass is 438 g/mol. The van der Waals surface area contributed by atoms with Crippen LogP contribution in [0.5, 0.6) is 0 Å². The fourth-order valence-corrected chi connectivity index (χ4v) is 3.94. The molecule has 168 valence electrons. The van der Waals surface area contributed by atoms with Crippen molar-refractivity contribution in [3.8, 4) is 0 Å². The van der Waals surface area contributed by atoms with Crippen molar-refractivity contribution in [3.63, 3.8) is 0 Å². The molecule has 0 spiro atoms. The highest BCUT2D eigenvalue weighted by molar-refractivity contribution is 7.90. The SMILES string of the molecule is CC1(C)OB(C(CCCc2ccccc2)NC(=O)C(N)CCS(C)(=O)=O)OC1(C)C. The minimum absolute atomic E-state index is 0.0742. The van der Waals surface area contributed by atoms with Gasteiger partial charge in [-0.1, -0.05) is 30.3 Å². The molecule has 1 saturated heterocycles. The van der Waals surface area contributed by atoms with Crippen LogP contribution < -0.4 is 11.1 Å². The van der Waals surface area contributed by atoms with Crippen LogP contribution in [0, 0.1) is 0 Å². The fourth-order valence-electron chi connectivity index (χ4n) is 3.26. The first-order chi connectivity index (χ1) is 13.8. The maximum absolute atomic E-state index is 12.6. The van der Waals surface area contributed by atoms with Crippen molar-refractivity contribution in [1.82, 2.24) is 5.32 Å². The average molecular weight is 438 g/mol. The Morgan fingerprint density at radius 2 is 1.67 bits per heavy atom. The van der Waals surface area contributed by atoms with Crippen molar-refractivity contribution in [3.05, 3.63) is 35.9 Å². The molecule has 0 aromatic heterocycles. The number of hydrogen-bond acceptors (Lipinski definition) is 6. The highest BCUT2D eigenvalue weighted by atomic mass is 32.2. The molecular weight excluding hydrogens is 403 g/mol. The van der Waals surface area contributed by atoms with Crippen LogP contribution in [0.2, 0.25) is 0 Å². The normalized spacial score (nSPS) is 20.0. The van der Waals surface area contributed by atoms with Crippen LogP contribution >= 0.6 is 0 Å². The zero-order valence-corrected chi connectivity index (χ0v) is 19.5. The third kappa shape index (κ3) is 7.08. The molecule has 7 nitrogen and oxygen atoms in total. The molecule has 2 rings (SSSR count). The summed E-state index contributed by atoms with van der Waals surface area (Å²) in [7, 11) is -3.78. The van der Waals surface area contributed by atoms with E-state index in [9.17, 15) is 13.2 Å². The molecule has 1 fully saturated rings. The summed E-state index contributed by atoms with van der Waals surface area (Å²) in [5.74, 6) is -0.902. The second-order valence-electron chi connectivity index (χ2n) is 9.14. The molecule has 30 heavy (non-hydrogen) atoms. The Hall–Kier alpha value is -1.42. The molecule has 9 heteroatoms. The summed E-state index contributed by atoms with van der Waals surface area (Å²) in [6.45, 7) is 7.86. The Labute approximate surface area is 181 Å². The summed E-state index contributed by atoms with van der Waals surface area (Å²) in [6.07, 6.45) is 3.56. The van der Waals surface area contributed by atoms with Gasteiger partial charge in [-0.05, 0) is 58.9 Å². The maximum atomic E-state index is 12.6. The van der Waals surface area contributed by atoms with E-state index in [0.29, 0.717) is 6.42 Å². The molecule has 0 bridgehead atoms. The van der Waals surface area contributed by atoms with Gasteiger partial charge in [0, 0.05) is 6.26 Å². The van der Waals surface area contributed by atoms with Crippen LogP contribution in [-0.4, -0.2) is 56.6 Å². The van der Waals surface area contributed by atoms with E-state index in [1.165, 1.54) is 5.56 Å². The molecular formula is C21H35BN2O5S. The van der Waals surface area contributed by atoms with Crippen LogP contribution in [0.25, 0.3) is 0 Å². The molecule has 2 unspecified atom stereocenters. The van der Waals surface area contributed by atoms with Gasteiger partial charge in [-0.3, -0.25) is 4.79 Å². The second kappa shape index (κ2) is 9.81. The van der Waals surface area contributed by atoms with E-state index in [-0.39, 0.29) is 18.1 Å². The van der Waals surface area contributed by atoms with Crippen LogP contribution in [0.3, 0.4) is 0 Å². The Morgan fingerprint density at radius 1 is 1.10 bits per heavy atom. The number of amides is 1. The van der Waals surface area contributed by atoms with Gasteiger partial charge < -0.3 is 20.4 Å². The number of aryl methyl sites for hydroxylation is 1. The lowest BCUT2D eigenvalue weighted by Crippen LogP contribution is -2.53. The Morgan fingerprint density at radius 3 is 2.20 bits per heavy atom. The fraction of sp³-hybridized carbons (Fsp3) is 0.667. The number of sulfone groups is 1. The van der Waals surface area contributed by atoms with E-state index in [1.807, 2.05) is 45.9 Å². The van der Waals surface area contributed by atoms with Crippen molar-refractivity contribution in [2.45, 2.75) is 76.6 Å². The van der Waals surface area contributed by atoms with Crippen molar-refractivity contribution < 1.29 is 22.5 Å². The molecule has 1 aliphatic heterocycles. The summed E-state index contributed by atoms with van der Waals surface area (Å²) in [4.78, 5) is 12.6. The van der Waals surface area contributed by atoms with E-state index in [0.717, 1.165) is 19.1 Å². The van der Waals surface area contributed by atoms with Gasteiger partial charge >= 0.3 is 7.12 Å². The standard InChI is InChI=1S/C21H35BN2O5S/c1-20(2)21(3,4)29-22(28-20)18(13-9-12-16-10-7-6-8-11-16)24-19(25)17(23)14-15-30(5,26)27/h6-8,10-11,17-18H,9,12-15,23H2,1-5H3,(H,24,25). The lowest BCUT2D eigenvalue weighted by atomic mass is 9.75. The summed E-state index contributed by atoms with van der Waals surface area (Å²) in [5.41, 5.74) is 6.13. The molecule has 1 aromatic carbocycles. The molecule has 1 amide bonds. The highest BCUT2D eigenvalue weighted by Gasteiger charge is 2.54. The topological polar surface area (TPSA) is 108 Å². The van der Waals surface area contributed by atoms with Gasteiger partial charge in [0.25, 0.3) is 0 Å². The number of carbonyl (C=O) groups excluding carboxylic acids is 1. The van der Waals surface area contributed by atoms with Crippen molar-refractivity contribution in [2.24, 2.45) is 5.73 Å². The van der Waals surface area contributed by atoms with Gasteiger partial charge in [-0.25, -0.2) is 8.42 Å². The quantitative estimate of drug-likeness (QED) is 0.541. The average Bonchev–Trinajstić information content (AvgIpc) is 2.86. The third-order valence-corrected chi connectivity index (χ3v) is 6.86. The van der Waals surface area contributed by atoms with Crippen LogP contribution in [0.15, 0.2) is 30.3 Å². The lowest BCUT2D eigenvalue weighted by Gasteiger charge is -2.32. The first-order valence-corrected chi connectivity index (χ1v) is 12.5. The minimum atomic E-state index is -3.18. The molecule has 0 saturated carbocycles. The van der Waals surface area contributed by atoms with E-state index in [4.69, 9.17) is 15.0 Å². The van der Waals surface area contributed by atoms with Gasteiger partial charge in [-0.2, -0.15) is 0 Å². The molecule has 2 atom stereocenters. The van der Waals surface area contributed by atoms with E-state index in [1.54, 1.807) is 0 Å². The largest absolute Gasteiger partial charge is 0.481 e. The van der Waals surface area contributed by atoms with Crippen LogP contribution in [-0.2, 0) is 30.4 Å². The van der Waals surface area contributed by atoms with Gasteiger partial charge in [0.2, 0.25) is 5.91 Å². The number of nitrogens with one attached hydrogen (secondary N) is 1. The summed E-state index contributed by atoms with van der Waals surface area (Å²) in [5, 5.41) is 2.95. The number of rotatable bonds is 10. The van der Waals surface area contributed by atoms with Crippen molar-refractivity contribution in [1.29, 1.82) is 0 Å². The van der Waals surface area contributed by atoms with Gasteiger partial charge in [-0.15, -0.1) is 0 Å². The van der Waals surface area contributed by atoms with Gasteiger partial charge in [0.05, 0.1) is 28.9 Å². The molecule has 0 aliphatic carbocycles. The van der Waals surface area contributed by atoms with Gasteiger partial charge in [0.1, 0.15) is 9.84 Å². The predicted octanol–water partition coefficient (Wildman–Crippen LogP) is 1.89. The molecule has 1 aliphatic rings. The first-order valence-electron chi connectivity index (χ1n) is 10.4. The van der Waals surface area contributed by atoms with Crippen LogP contribution in [0.1, 0.15) is 52.5 Å². The lowest BCUT2D eigenvalue weighted by molar-refractivity contribution is -0.122. The van der Waals surface area contributed by atoms with E-state index >= 15 is 0 Å². The first kappa shape index (κ1) is 24.9. The maximum Gasteiger partial charge on any atom is 0.481 e. The molecule has 3 N–H and O–H groups in total. The molecule has 1 heterocycles. The Balaban J connectivity index is 2.04. The third-order valence-electron chi connectivity index (χ3n) is 5.89. The Bertz CT molecular complexity index is 798. The van der Waals surface area contributed by atoms with Crippen LogP contribution in [0.4, 0.5) is 0 Å². The molecule has 0 radical (unpaired) electrons. The number of hydrogen-bond donors (Lipinski definition) is 2. The molecule has 1 aromatic rings. The highest BCUT2D eigenvalue weighted by Crippen LogP contribution is 2.38. The van der Waals surface area contributed by atoms with Gasteiger partial charge in [0.15, 0.2) is 0 Å². The van der Waals surface area contributed by atoms with E-state index < -0.39 is 40.1 Å². The van der Waals surface area contributed by atoms with E-state index in [2.05, 4.69) is 17.4 Å². The van der Waals surface area contributed by atoms with Crippen molar-refractivity contribution >= 4 is 22.9 Å². The second-order valence-corrected chi connectivity index (χ2v) is 11.4. The summed E-state index contributed by atoms with van der Waals surface area (Å²) >= 11 is 0. The number of benzene rings is 1. The minimum Gasteiger partial charge on any atom is -0.402 e.